The monoisotopic (exact) mass is 482 g/mol. The quantitative estimate of drug-likeness (QED) is 0.302. The molecule has 1 heterocycles. The van der Waals surface area contributed by atoms with Gasteiger partial charge in [-0.15, -0.1) is 0 Å². The van der Waals surface area contributed by atoms with Gasteiger partial charge < -0.3 is 19.6 Å². The predicted molar refractivity (Wildman–Crippen MR) is 131 cm³/mol. The molecule has 9 heteroatoms. The highest BCUT2D eigenvalue weighted by molar-refractivity contribution is 7.71. The van der Waals surface area contributed by atoms with Crippen LogP contribution in [0.2, 0.25) is 5.02 Å². The second-order valence-electron chi connectivity index (χ2n) is 7.09. The molecule has 0 aliphatic heterocycles. The normalized spacial score (nSPS) is 10.6. The molecule has 4 aromatic rings. The molecule has 33 heavy (non-hydrogen) atoms. The Labute approximate surface area is 201 Å². The summed E-state index contributed by atoms with van der Waals surface area (Å²) >= 11 is 11.6. The lowest BCUT2D eigenvalue weighted by molar-refractivity contribution is 0.284. The van der Waals surface area contributed by atoms with Gasteiger partial charge >= 0.3 is 0 Å². The summed E-state index contributed by atoms with van der Waals surface area (Å²) in [7, 11) is 3.24. The van der Waals surface area contributed by atoms with Gasteiger partial charge in [0.15, 0.2) is 17.3 Å². The predicted octanol–water partition coefficient (Wildman–Crippen LogP) is 5.60. The second-order valence-corrected chi connectivity index (χ2v) is 7.88. The smallest absolute Gasteiger partial charge is 0.214 e. The minimum Gasteiger partial charge on any atom is -0.496 e. The van der Waals surface area contributed by atoms with Crippen LogP contribution in [0.25, 0.3) is 11.4 Å². The SMILES string of the molecule is COc1cc(CNn2c(-c3ccccc3OC)n[nH]c2=S)ccc1OCc1ccccc1Cl. The van der Waals surface area contributed by atoms with Gasteiger partial charge in [0, 0.05) is 10.6 Å². The van der Waals surface area contributed by atoms with E-state index < -0.39 is 0 Å². The Morgan fingerprint density at radius 2 is 1.73 bits per heavy atom. The molecule has 0 aliphatic rings. The fourth-order valence-electron chi connectivity index (χ4n) is 3.34. The van der Waals surface area contributed by atoms with Crippen LogP contribution in [0, 0.1) is 4.77 Å². The van der Waals surface area contributed by atoms with Gasteiger partial charge in [0.2, 0.25) is 4.77 Å². The molecule has 0 spiro atoms. The first kappa shape index (κ1) is 22.7. The van der Waals surface area contributed by atoms with Crippen molar-refractivity contribution < 1.29 is 14.2 Å². The third-order valence-electron chi connectivity index (χ3n) is 5.03. The molecule has 0 unspecified atom stereocenters. The molecule has 0 bridgehead atoms. The minimum absolute atomic E-state index is 0.347. The van der Waals surface area contributed by atoms with Crippen molar-refractivity contribution >= 4 is 23.8 Å². The van der Waals surface area contributed by atoms with Gasteiger partial charge in [0.1, 0.15) is 12.4 Å². The Morgan fingerprint density at radius 1 is 0.970 bits per heavy atom. The van der Waals surface area contributed by atoms with Crippen LogP contribution in [-0.2, 0) is 13.2 Å². The van der Waals surface area contributed by atoms with E-state index in [9.17, 15) is 0 Å². The standard InChI is InChI=1S/C24H23ClN4O3S/c1-30-20-10-6-4-8-18(20)23-27-28-24(33)29(23)26-14-16-11-12-21(22(13-16)31-2)32-15-17-7-3-5-9-19(17)25/h3-13,26H,14-15H2,1-2H3,(H,28,33). The third kappa shape index (κ3) is 5.13. The molecular weight excluding hydrogens is 460 g/mol. The van der Waals surface area contributed by atoms with Crippen molar-refractivity contribution in [1.82, 2.24) is 14.9 Å². The molecule has 0 radical (unpaired) electrons. The van der Waals surface area contributed by atoms with Crippen LogP contribution in [0.3, 0.4) is 0 Å². The molecule has 2 N–H and O–H groups in total. The number of aromatic nitrogens is 3. The van der Waals surface area contributed by atoms with E-state index in [0.717, 1.165) is 16.7 Å². The van der Waals surface area contributed by atoms with E-state index >= 15 is 0 Å². The first-order valence-corrected chi connectivity index (χ1v) is 11.0. The van der Waals surface area contributed by atoms with Crippen LogP contribution in [0.1, 0.15) is 11.1 Å². The Bertz CT molecular complexity index is 1300. The van der Waals surface area contributed by atoms with Gasteiger partial charge in [-0.25, -0.2) is 9.77 Å². The van der Waals surface area contributed by atoms with Gasteiger partial charge in [-0.2, -0.15) is 5.10 Å². The molecule has 0 amide bonds. The van der Waals surface area contributed by atoms with Crippen molar-refractivity contribution in [3.05, 3.63) is 87.7 Å². The van der Waals surface area contributed by atoms with E-state index in [2.05, 4.69) is 15.6 Å². The minimum atomic E-state index is 0.347. The van der Waals surface area contributed by atoms with E-state index in [-0.39, 0.29) is 0 Å². The summed E-state index contributed by atoms with van der Waals surface area (Å²) in [4.78, 5) is 0. The van der Waals surface area contributed by atoms with Gasteiger partial charge in [-0.3, -0.25) is 0 Å². The zero-order chi connectivity index (χ0) is 23.2. The number of para-hydroxylation sites is 1. The summed E-state index contributed by atoms with van der Waals surface area (Å²) in [6.07, 6.45) is 0. The van der Waals surface area contributed by atoms with Gasteiger partial charge in [-0.1, -0.05) is 48.0 Å². The molecule has 3 aromatic carbocycles. The van der Waals surface area contributed by atoms with E-state index in [1.54, 1.807) is 18.9 Å². The number of halogens is 1. The first-order valence-electron chi connectivity index (χ1n) is 10.2. The first-order chi connectivity index (χ1) is 16.1. The molecule has 0 saturated heterocycles. The highest BCUT2D eigenvalue weighted by Crippen LogP contribution is 2.30. The van der Waals surface area contributed by atoms with Gasteiger partial charge in [0.25, 0.3) is 0 Å². The average Bonchev–Trinajstić information content (AvgIpc) is 3.22. The fraction of sp³-hybridized carbons (Fsp3) is 0.167. The largest absolute Gasteiger partial charge is 0.496 e. The van der Waals surface area contributed by atoms with Crippen LogP contribution in [0.15, 0.2) is 66.7 Å². The van der Waals surface area contributed by atoms with Crippen LogP contribution in [0.4, 0.5) is 0 Å². The number of hydrogen-bond acceptors (Lipinski definition) is 6. The highest BCUT2D eigenvalue weighted by atomic mass is 35.5. The van der Waals surface area contributed by atoms with Crippen LogP contribution >= 0.6 is 23.8 Å². The lowest BCUT2D eigenvalue weighted by atomic mass is 10.2. The number of ether oxygens (including phenoxy) is 3. The highest BCUT2D eigenvalue weighted by Gasteiger charge is 2.14. The topological polar surface area (TPSA) is 73.3 Å². The molecule has 0 atom stereocenters. The Balaban J connectivity index is 1.50. The van der Waals surface area contributed by atoms with Crippen LogP contribution in [0.5, 0.6) is 17.2 Å². The molecule has 1 aromatic heterocycles. The Kier molecular flexibility index (Phi) is 7.16. The second kappa shape index (κ2) is 10.4. The Hall–Kier alpha value is -3.49. The number of nitrogens with one attached hydrogen (secondary N) is 2. The molecule has 0 aliphatic carbocycles. The number of rotatable bonds is 9. The van der Waals surface area contributed by atoms with Crippen LogP contribution < -0.4 is 19.6 Å². The van der Waals surface area contributed by atoms with Crippen molar-refractivity contribution in [2.75, 3.05) is 19.6 Å². The molecule has 0 fully saturated rings. The number of benzene rings is 3. The van der Waals surface area contributed by atoms with Crippen molar-refractivity contribution in [3.8, 4) is 28.6 Å². The molecular formula is C24H23ClN4O3S. The Morgan fingerprint density at radius 3 is 2.52 bits per heavy atom. The lowest BCUT2D eigenvalue weighted by Crippen LogP contribution is -2.16. The summed E-state index contributed by atoms with van der Waals surface area (Å²) in [5.41, 5.74) is 6.02. The van der Waals surface area contributed by atoms with E-state index in [1.807, 2.05) is 66.7 Å². The van der Waals surface area contributed by atoms with E-state index in [1.165, 1.54) is 0 Å². The number of nitrogens with zero attached hydrogens (tertiary/aromatic N) is 2. The maximum absolute atomic E-state index is 6.22. The number of hydrogen-bond donors (Lipinski definition) is 2. The maximum Gasteiger partial charge on any atom is 0.214 e. The van der Waals surface area contributed by atoms with E-state index in [0.29, 0.717) is 46.0 Å². The van der Waals surface area contributed by atoms with Crippen molar-refractivity contribution in [2.45, 2.75) is 13.2 Å². The molecule has 4 rings (SSSR count). The maximum atomic E-state index is 6.22. The summed E-state index contributed by atoms with van der Waals surface area (Å²) in [5, 5.41) is 7.86. The number of methoxy groups -OCH3 is 2. The van der Waals surface area contributed by atoms with Gasteiger partial charge in [-0.05, 0) is 48.1 Å². The number of aromatic amines is 1. The molecule has 7 nitrogen and oxygen atoms in total. The summed E-state index contributed by atoms with van der Waals surface area (Å²) in [6.45, 7) is 0.831. The molecule has 170 valence electrons. The van der Waals surface area contributed by atoms with Crippen molar-refractivity contribution in [3.63, 3.8) is 0 Å². The average molecular weight is 483 g/mol. The van der Waals surface area contributed by atoms with Crippen molar-refractivity contribution in [1.29, 1.82) is 0 Å². The molecule has 0 saturated carbocycles. The summed E-state index contributed by atoms with van der Waals surface area (Å²) in [6, 6.07) is 21.0. The summed E-state index contributed by atoms with van der Waals surface area (Å²) < 4.78 is 19.1. The zero-order valence-corrected chi connectivity index (χ0v) is 19.7. The summed E-state index contributed by atoms with van der Waals surface area (Å²) in [5.74, 6) is 2.60. The van der Waals surface area contributed by atoms with Crippen molar-refractivity contribution in [2.24, 2.45) is 0 Å². The zero-order valence-electron chi connectivity index (χ0n) is 18.2. The fourth-order valence-corrected chi connectivity index (χ4v) is 3.72. The lowest BCUT2D eigenvalue weighted by Gasteiger charge is -2.15. The third-order valence-corrected chi connectivity index (χ3v) is 5.67. The van der Waals surface area contributed by atoms with Crippen LogP contribution in [-0.4, -0.2) is 29.1 Å². The van der Waals surface area contributed by atoms with E-state index in [4.69, 9.17) is 38.0 Å². The number of H-pyrrole nitrogens is 1. The van der Waals surface area contributed by atoms with Gasteiger partial charge in [0.05, 0.1) is 26.3 Å².